The van der Waals surface area contributed by atoms with Crippen LogP contribution in [0, 0.1) is 0 Å². The molecule has 0 N–H and O–H groups in total. The van der Waals surface area contributed by atoms with E-state index in [2.05, 4.69) is 0 Å². The molecule has 1 aromatic carbocycles. The van der Waals surface area contributed by atoms with Gasteiger partial charge in [0.2, 0.25) is 5.91 Å². The van der Waals surface area contributed by atoms with Crippen molar-refractivity contribution in [1.82, 2.24) is 4.90 Å². The molecule has 1 aromatic rings. The van der Waals surface area contributed by atoms with E-state index in [0.717, 1.165) is 5.56 Å². The molecule has 0 aliphatic rings. The maximum Gasteiger partial charge on any atom is 0.247 e. The predicted molar refractivity (Wildman–Crippen MR) is 104 cm³/mol. The number of hydrogen-bond acceptors (Lipinski definition) is 4. The van der Waals surface area contributed by atoms with Crippen molar-refractivity contribution in [1.29, 1.82) is 0 Å². The molecule has 4 nitrogen and oxygen atoms in total. The van der Waals surface area contributed by atoms with Crippen LogP contribution >= 0.6 is 35.4 Å². The summed E-state index contributed by atoms with van der Waals surface area (Å²) in [5.41, 5.74) is 1.01. The Labute approximate surface area is 163 Å². The third-order valence-corrected chi connectivity index (χ3v) is 5.06. The number of amides is 1. The van der Waals surface area contributed by atoms with Gasteiger partial charge in [0.15, 0.2) is 16.9 Å². The van der Waals surface area contributed by atoms with Gasteiger partial charge in [0.1, 0.15) is 10.4 Å². The van der Waals surface area contributed by atoms with Crippen LogP contribution in [0.15, 0.2) is 30.3 Å². The van der Waals surface area contributed by atoms with Crippen LogP contribution < -0.4 is 0 Å². The molecule has 25 heavy (non-hydrogen) atoms. The van der Waals surface area contributed by atoms with E-state index in [0.29, 0.717) is 6.42 Å². The lowest BCUT2D eigenvalue weighted by Gasteiger charge is -2.33. The van der Waals surface area contributed by atoms with Gasteiger partial charge in [-0.25, -0.2) is 0 Å². The second kappa shape index (κ2) is 10.00. The van der Waals surface area contributed by atoms with Crippen molar-refractivity contribution < 1.29 is 14.4 Å². The van der Waals surface area contributed by atoms with E-state index >= 15 is 0 Å². The van der Waals surface area contributed by atoms with Gasteiger partial charge in [-0.1, -0.05) is 61.1 Å². The average molecular weight is 402 g/mol. The number of hydrogen-bond donors (Lipinski definition) is 0. The lowest BCUT2D eigenvalue weighted by Crippen LogP contribution is -2.53. The standard InChI is InChI=1S/C18H21Cl2NO3S/c1-4-13(14-8-6-5-7-9-14)10-21(16(11(2)22)12(3)23)18(24)15(19)17(20)25/h5-9,13,15-16H,4,10H2,1-3H3. The van der Waals surface area contributed by atoms with Gasteiger partial charge in [0.25, 0.3) is 0 Å². The van der Waals surface area contributed by atoms with E-state index in [1.165, 1.54) is 18.7 Å². The minimum absolute atomic E-state index is 0.0564. The molecule has 2 atom stereocenters. The Morgan fingerprint density at radius 2 is 1.64 bits per heavy atom. The fourth-order valence-electron chi connectivity index (χ4n) is 2.72. The fraction of sp³-hybridized carbons (Fsp3) is 0.444. The maximum atomic E-state index is 12.7. The van der Waals surface area contributed by atoms with E-state index in [-0.39, 0.29) is 16.8 Å². The van der Waals surface area contributed by atoms with Crippen molar-refractivity contribution in [3.05, 3.63) is 35.9 Å². The predicted octanol–water partition coefficient (Wildman–Crippen LogP) is 3.73. The molecule has 0 aliphatic carbocycles. The maximum absolute atomic E-state index is 12.7. The van der Waals surface area contributed by atoms with Gasteiger partial charge in [-0.05, 0) is 25.8 Å². The molecule has 0 heterocycles. The largest absolute Gasteiger partial charge is 0.323 e. The monoisotopic (exact) mass is 401 g/mol. The Hall–Kier alpha value is -1.30. The Kier molecular flexibility index (Phi) is 8.69. The van der Waals surface area contributed by atoms with Crippen molar-refractivity contribution in [3.63, 3.8) is 0 Å². The van der Waals surface area contributed by atoms with Crippen molar-refractivity contribution in [3.8, 4) is 0 Å². The highest BCUT2D eigenvalue weighted by Crippen LogP contribution is 2.24. The number of halogens is 2. The quantitative estimate of drug-likeness (QED) is 0.273. The molecule has 1 rings (SSSR count). The SMILES string of the molecule is CCC(CN(C(=O)C(Cl)C(=S)Cl)C(C(C)=O)C(C)=O)c1ccccc1. The van der Waals surface area contributed by atoms with Gasteiger partial charge in [0.05, 0.1) is 0 Å². The van der Waals surface area contributed by atoms with Gasteiger partial charge in [-0.2, -0.15) is 0 Å². The zero-order chi connectivity index (χ0) is 19.1. The molecule has 0 spiro atoms. The van der Waals surface area contributed by atoms with Crippen LogP contribution in [0.5, 0.6) is 0 Å². The van der Waals surface area contributed by atoms with Gasteiger partial charge in [0, 0.05) is 12.5 Å². The van der Waals surface area contributed by atoms with Crippen LogP contribution in [-0.4, -0.2) is 44.7 Å². The first-order valence-electron chi connectivity index (χ1n) is 7.90. The Balaban J connectivity index is 3.25. The molecule has 0 bridgehead atoms. The normalized spacial score (nSPS) is 13.2. The summed E-state index contributed by atoms with van der Waals surface area (Å²) in [7, 11) is 0. The van der Waals surface area contributed by atoms with Crippen molar-refractivity contribution in [2.75, 3.05) is 6.54 Å². The van der Waals surface area contributed by atoms with Gasteiger partial charge in [-0.3, -0.25) is 14.4 Å². The number of nitrogens with zero attached hydrogens (tertiary/aromatic N) is 1. The number of alkyl halides is 1. The molecular formula is C18H21Cl2NO3S. The summed E-state index contributed by atoms with van der Waals surface area (Å²) < 4.78 is -0.213. The molecule has 1 amide bonds. The second-order valence-corrected chi connectivity index (χ2v) is 7.30. The van der Waals surface area contributed by atoms with Gasteiger partial charge < -0.3 is 4.90 Å². The van der Waals surface area contributed by atoms with E-state index in [1.54, 1.807) is 0 Å². The topological polar surface area (TPSA) is 54.5 Å². The number of ketones is 2. The summed E-state index contributed by atoms with van der Waals surface area (Å²) in [4.78, 5) is 38.0. The number of rotatable bonds is 9. The first-order valence-corrected chi connectivity index (χ1v) is 9.12. The second-order valence-electron chi connectivity index (χ2n) is 5.80. The summed E-state index contributed by atoms with van der Waals surface area (Å²) in [6.45, 7) is 4.70. The number of thiocarbonyl (C=S) groups is 1. The minimum Gasteiger partial charge on any atom is -0.323 e. The van der Waals surface area contributed by atoms with Crippen molar-refractivity contribution in [2.24, 2.45) is 0 Å². The zero-order valence-corrected chi connectivity index (χ0v) is 16.7. The highest BCUT2D eigenvalue weighted by atomic mass is 35.5. The van der Waals surface area contributed by atoms with Crippen LogP contribution in [0.1, 0.15) is 38.7 Å². The van der Waals surface area contributed by atoms with Crippen LogP contribution in [0.4, 0.5) is 0 Å². The minimum atomic E-state index is -1.27. The summed E-state index contributed by atoms with van der Waals surface area (Å²) in [5, 5.41) is -1.27. The zero-order valence-electron chi connectivity index (χ0n) is 14.4. The Bertz CT molecular complexity index is 637. The lowest BCUT2D eigenvalue weighted by molar-refractivity contribution is -0.143. The van der Waals surface area contributed by atoms with E-state index in [9.17, 15) is 14.4 Å². The first kappa shape index (κ1) is 21.7. The molecule has 0 radical (unpaired) electrons. The highest BCUT2D eigenvalue weighted by molar-refractivity contribution is 7.83. The lowest BCUT2D eigenvalue weighted by atomic mass is 9.94. The third-order valence-electron chi connectivity index (χ3n) is 3.96. The Morgan fingerprint density at radius 3 is 2.04 bits per heavy atom. The number of carbonyl (C=O) groups is 3. The smallest absolute Gasteiger partial charge is 0.247 e. The third kappa shape index (κ3) is 5.87. The van der Waals surface area contributed by atoms with Crippen molar-refractivity contribution >= 4 is 57.2 Å². The first-order chi connectivity index (χ1) is 11.7. The molecular weight excluding hydrogens is 381 g/mol. The molecule has 0 saturated carbocycles. The Morgan fingerprint density at radius 1 is 1.12 bits per heavy atom. The van der Waals surface area contributed by atoms with Crippen molar-refractivity contribution in [2.45, 2.75) is 44.5 Å². The van der Waals surface area contributed by atoms with E-state index < -0.39 is 28.9 Å². The van der Waals surface area contributed by atoms with Crippen LogP contribution in [0.2, 0.25) is 0 Å². The molecule has 0 aromatic heterocycles. The molecule has 0 fully saturated rings. The molecule has 7 heteroatoms. The van der Waals surface area contributed by atoms with Gasteiger partial charge >= 0.3 is 0 Å². The summed E-state index contributed by atoms with van der Waals surface area (Å²) in [5.74, 6) is -1.54. The number of Topliss-reactive ketones (excluding diaryl/α,β-unsaturated/α-hetero) is 2. The molecule has 136 valence electrons. The van der Waals surface area contributed by atoms with Crippen LogP contribution in [0.3, 0.4) is 0 Å². The average Bonchev–Trinajstić information content (AvgIpc) is 2.56. The van der Waals surface area contributed by atoms with E-state index in [4.69, 9.17) is 35.4 Å². The molecule has 0 saturated heterocycles. The summed E-state index contributed by atoms with van der Waals surface area (Å²) >= 11 is 16.5. The van der Waals surface area contributed by atoms with Gasteiger partial charge in [-0.15, -0.1) is 11.6 Å². The number of benzene rings is 1. The van der Waals surface area contributed by atoms with Crippen LogP contribution in [-0.2, 0) is 14.4 Å². The fourth-order valence-corrected chi connectivity index (χ4v) is 3.04. The summed E-state index contributed by atoms with van der Waals surface area (Å²) in [6, 6.07) is 8.38. The molecule has 2 unspecified atom stereocenters. The molecule has 0 aliphatic heterocycles. The van der Waals surface area contributed by atoms with E-state index in [1.807, 2.05) is 37.3 Å². The number of carbonyl (C=O) groups excluding carboxylic acids is 3. The highest BCUT2D eigenvalue weighted by Gasteiger charge is 2.36. The summed E-state index contributed by atoms with van der Waals surface area (Å²) in [6.07, 6.45) is 0.717. The van der Waals surface area contributed by atoms with Crippen LogP contribution in [0.25, 0.3) is 0 Å².